The van der Waals surface area contributed by atoms with Crippen molar-refractivity contribution in [3.8, 4) is 77.9 Å². The van der Waals surface area contributed by atoms with E-state index in [2.05, 4.69) is 395 Å². The van der Waals surface area contributed by atoms with Crippen molar-refractivity contribution >= 4 is 202 Å². The van der Waals surface area contributed by atoms with Gasteiger partial charge in [-0.3, -0.25) is 0 Å². The molecule has 0 aliphatic carbocycles. The van der Waals surface area contributed by atoms with Gasteiger partial charge in [0.2, 0.25) is 0 Å². The highest BCUT2D eigenvalue weighted by Crippen LogP contribution is 2.49. The highest BCUT2D eigenvalue weighted by atomic mass is 79.9. The van der Waals surface area contributed by atoms with Crippen LogP contribution in [0, 0.1) is 0 Å². The summed E-state index contributed by atoms with van der Waals surface area (Å²) in [6, 6.07) is 146. The summed E-state index contributed by atoms with van der Waals surface area (Å²) >= 11 is 17.3. The molecule has 0 atom stereocenters. The lowest BCUT2D eigenvalue weighted by molar-refractivity contribution is 0.425. The molecular weight excluding hydrogens is 1780 g/mol. The maximum Gasteiger partial charge on any atom is 0.489 e. The van der Waals surface area contributed by atoms with Crippen LogP contribution in [0.2, 0.25) is 0 Å². The lowest BCUT2D eigenvalue weighted by atomic mass is 9.72. The monoisotopic (exact) mass is 1850 g/mol. The van der Waals surface area contributed by atoms with E-state index in [9.17, 15) is 10.0 Å². The van der Waals surface area contributed by atoms with Crippen LogP contribution in [0.15, 0.2) is 441 Å². The summed E-state index contributed by atoms with van der Waals surface area (Å²) in [4.78, 5) is 0. The lowest BCUT2D eigenvalue weighted by Crippen LogP contribution is -2.31. The zero-order chi connectivity index (χ0) is 81.5. The molecular formula is C108H73B2Br5O4. The molecule has 21 aromatic carbocycles. The second-order valence-electron chi connectivity index (χ2n) is 29.0. The summed E-state index contributed by atoms with van der Waals surface area (Å²) < 4.78 is 5.45. The van der Waals surface area contributed by atoms with E-state index < -0.39 is 14.2 Å². The topological polar surface area (TPSA) is 80.9 Å². The van der Waals surface area contributed by atoms with Crippen molar-refractivity contribution in [3.63, 3.8) is 0 Å². The standard InChI is InChI=1S/C56H36.C20H15BO2.C16H10Br2.C10H6Br2.C6H6BBrO2/c1-3-17-38(18-4-1)53-45-21-7-9-23-47(45)55(48-24-10-8-22-46(48)53)40-35-33-37(34-36-40)41-29-15-31-43-42(41)30-16-32-44(43)56-51-27-13-11-25-49(51)54(39-19-5-2-6-20-39)50-26-12-14-28-52(50)56;22-21(23)20-17-12-6-4-10-15(17)19(14-8-2-1-3-9-14)16-11-5-7-13-18(16)20;17-12-9-7-11(8-10-12)13-3-1-5-15-14(13)4-2-6-16(15)18;11-9-5-1-3-7-8(9)4-2-6-10(7)12;8-6-3-1-5(2-4-6)7(9)10/h1-36H;1-13,22-23H;1-10H;1-6H;1-4,9-10H. The minimum Gasteiger partial charge on any atom is -0.423 e. The minimum atomic E-state index is -1.50. The van der Waals surface area contributed by atoms with Crippen LogP contribution in [0.25, 0.3) is 175 Å². The predicted molar refractivity (Wildman–Crippen MR) is 526 cm³/mol. The fraction of sp³-hybridized carbons (Fsp3) is 0. The van der Waals surface area contributed by atoms with Crippen molar-refractivity contribution in [2.24, 2.45) is 0 Å². The Hall–Kier alpha value is -11.7. The third kappa shape index (κ3) is 16.6. The molecule has 4 nitrogen and oxygen atoms in total. The Morgan fingerprint density at radius 3 is 0.697 bits per heavy atom. The van der Waals surface area contributed by atoms with Gasteiger partial charge in [-0.15, -0.1) is 0 Å². The smallest absolute Gasteiger partial charge is 0.423 e. The molecule has 0 aromatic heterocycles. The molecule has 0 saturated heterocycles. The first-order chi connectivity index (χ1) is 58.3. The molecule has 0 saturated carbocycles. The van der Waals surface area contributed by atoms with Gasteiger partial charge in [0.25, 0.3) is 0 Å². The number of hydrogen-bond acceptors (Lipinski definition) is 4. The molecule has 119 heavy (non-hydrogen) atoms. The largest absolute Gasteiger partial charge is 0.489 e. The van der Waals surface area contributed by atoms with Crippen molar-refractivity contribution in [2.45, 2.75) is 0 Å². The first kappa shape index (κ1) is 79.8. The highest BCUT2D eigenvalue weighted by Gasteiger charge is 2.24. The van der Waals surface area contributed by atoms with Crippen LogP contribution in [0.4, 0.5) is 0 Å². The molecule has 0 bridgehead atoms. The van der Waals surface area contributed by atoms with Gasteiger partial charge in [0, 0.05) is 22.4 Å². The van der Waals surface area contributed by atoms with E-state index in [1.54, 1.807) is 24.3 Å². The number of rotatable bonds is 9. The second-order valence-corrected chi connectivity index (χ2v) is 33.4. The van der Waals surface area contributed by atoms with E-state index in [0.717, 1.165) is 55.0 Å². The summed E-state index contributed by atoms with van der Waals surface area (Å²) in [5, 5.41) is 58.7. The van der Waals surface area contributed by atoms with Crippen LogP contribution in [-0.2, 0) is 0 Å². The Bertz CT molecular complexity index is 7070. The van der Waals surface area contributed by atoms with E-state index in [-0.39, 0.29) is 0 Å². The van der Waals surface area contributed by atoms with Crippen LogP contribution >= 0.6 is 79.6 Å². The third-order valence-corrected chi connectivity index (χ3v) is 25.1. The first-order valence-electron chi connectivity index (χ1n) is 39.2. The lowest BCUT2D eigenvalue weighted by Gasteiger charge is -2.19. The Labute approximate surface area is 734 Å². The Morgan fingerprint density at radius 2 is 0.370 bits per heavy atom. The Balaban J connectivity index is 0.000000130. The molecule has 0 amide bonds. The van der Waals surface area contributed by atoms with Crippen molar-refractivity contribution in [3.05, 3.63) is 441 Å². The van der Waals surface area contributed by atoms with Gasteiger partial charge in [-0.2, -0.15) is 0 Å². The van der Waals surface area contributed by atoms with Gasteiger partial charge in [0.05, 0.1) is 0 Å². The van der Waals surface area contributed by atoms with E-state index in [0.29, 0.717) is 10.9 Å². The molecule has 0 heterocycles. The van der Waals surface area contributed by atoms with Gasteiger partial charge in [-0.05, 0) is 228 Å². The summed E-state index contributed by atoms with van der Waals surface area (Å²) in [7, 11) is -2.87. The van der Waals surface area contributed by atoms with Crippen molar-refractivity contribution in [1.82, 2.24) is 0 Å². The van der Waals surface area contributed by atoms with E-state index >= 15 is 0 Å². The van der Waals surface area contributed by atoms with Crippen LogP contribution in [-0.4, -0.2) is 34.3 Å². The van der Waals surface area contributed by atoms with Crippen LogP contribution in [0.3, 0.4) is 0 Å². The molecule has 0 aliphatic heterocycles. The van der Waals surface area contributed by atoms with Crippen molar-refractivity contribution in [1.29, 1.82) is 0 Å². The molecule has 0 spiro atoms. The van der Waals surface area contributed by atoms with Gasteiger partial charge in [-0.1, -0.05) is 456 Å². The summed E-state index contributed by atoms with van der Waals surface area (Å²) in [6.45, 7) is 0. The zero-order valence-electron chi connectivity index (χ0n) is 64.2. The Morgan fingerprint density at radius 1 is 0.151 bits per heavy atom. The third-order valence-electron chi connectivity index (χ3n) is 22.0. The first-order valence-corrected chi connectivity index (χ1v) is 43.1. The molecule has 21 aromatic rings. The normalized spacial score (nSPS) is 11.1. The van der Waals surface area contributed by atoms with Gasteiger partial charge in [0.15, 0.2) is 0 Å². The highest BCUT2D eigenvalue weighted by molar-refractivity contribution is 9.11. The average molecular weight is 1860 g/mol. The van der Waals surface area contributed by atoms with Crippen molar-refractivity contribution < 1.29 is 20.1 Å². The van der Waals surface area contributed by atoms with Gasteiger partial charge < -0.3 is 20.1 Å². The van der Waals surface area contributed by atoms with Crippen LogP contribution < -0.4 is 10.9 Å². The fourth-order valence-electron chi connectivity index (χ4n) is 16.7. The molecule has 0 aliphatic rings. The van der Waals surface area contributed by atoms with Crippen LogP contribution in [0.1, 0.15) is 0 Å². The zero-order valence-corrected chi connectivity index (χ0v) is 72.1. The number of benzene rings is 21. The van der Waals surface area contributed by atoms with Crippen LogP contribution in [0.5, 0.6) is 0 Å². The summed E-state index contributed by atoms with van der Waals surface area (Å²) in [5.74, 6) is 0. The van der Waals surface area contributed by atoms with E-state index in [1.807, 2.05) is 78.9 Å². The second kappa shape index (κ2) is 36.3. The summed E-state index contributed by atoms with van der Waals surface area (Å²) in [5.41, 5.74) is 18.4. The quantitative estimate of drug-likeness (QED) is 0.0858. The average Bonchev–Trinajstić information content (AvgIpc) is 0.743. The maximum absolute atomic E-state index is 9.94. The molecule has 11 heteroatoms. The molecule has 0 fully saturated rings. The summed E-state index contributed by atoms with van der Waals surface area (Å²) in [6.07, 6.45) is 0. The maximum atomic E-state index is 9.94. The van der Waals surface area contributed by atoms with Gasteiger partial charge in [0.1, 0.15) is 0 Å². The minimum absolute atomic E-state index is 0.503. The Kier molecular flexibility index (Phi) is 24.3. The molecule has 21 rings (SSSR count). The van der Waals surface area contributed by atoms with E-state index in [4.69, 9.17) is 10.0 Å². The predicted octanol–water partition coefficient (Wildman–Crippen LogP) is 29.7. The van der Waals surface area contributed by atoms with Crippen molar-refractivity contribution in [2.75, 3.05) is 0 Å². The fourth-order valence-corrected chi connectivity index (χ4v) is 18.7. The van der Waals surface area contributed by atoms with E-state index in [1.165, 1.54) is 142 Å². The number of fused-ring (bicyclic) bond motifs is 9. The van der Waals surface area contributed by atoms with Gasteiger partial charge >= 0.3 is 14.2 Å². The molecule has 570 valence electrons. The number of hydrogen-bond donors (Lipinski definition) is 4. The molecule has 0 radical (unpaired) electrons. The SMILES string of the molecule is Brc1ccc(-c2cccc3c(Br)cccc23)cc1.Brc1cccc2c(Br)cccc12.OB(O)c1c2ccccc2c(-c2ccccc2)c2ccccc12.OB(O)c1ccc(Br)cc1.c1ccc(-c2c3ccccc3c(-c3ccc(-c4cccc5c(-c6c7ccccc7c(-c7ccccc7)c7ccccc67)cccc45)cc3)c3ccccc23)cc1. The number of halogens is 5. The molecule has 0 unspecified atom stereocenters. The molecule has 4 N–H and O–H groups in total. The van der Waals surface area contributed by atoms with Gasteiger partial charge in [-0.25, -0.2) is 0 Å².